The molecule has 5 nitrogen and oxygen atoms in total. The first-order valence-corrected chi connectivity index (χ1v) is 11.3. The number of halogens is 1. The normalized spacial score (nSPS) is 21.3. The van der Waals surface area contributed by atoms with E-state index in [-0.39, 0.29) is 29.7 Å². The third-order valence-electron chi connectivity index (χ3n) is 6.83. The number of methoxy groups -OCH3 is 1. The van der Waals surface area contributed by atoms with Gasteiger partial charge < -0.3 is 14.4 Å². The molecule has 3 atom stereocenters. The molecule has 1 saturated heterocycles. The summed E-state index contributed by atoms with van der Waals surface area (Å²) in [5.74, 6) is 0.228. The smallest absolute Gasteiger partial charge is 0.309 e. The molecule has 0 radical (unpaired) electrons. The van der Waals surface area contributed by atoms with Crippen molar-refractivity contribution >= 4 is 11.7 Å². The summed E-state index contributed by atoms with van der Waals surface area (Å²) < 4.78 is 26.3. The second-order valence-corrected chi connectivity index (χ2v) is 8.91. The van der Waals surface area contributed by atoms with Crippen LogP contribution in [-0.2, 0) is 16.1 Å². The van der Waals surface area contributed by atoms with Gasteiger partial charge in [-0.1, -0.05) is 36.4 Å². The number of aromatic nitrogens is 1. The highest BCUT2D eigenvalue weighted by atomic mass is 19.1. The SMILES string of the molecule is COC(=O)[C@H]1C[C@@H]2CC1CN2c1ccc(-c2ccc(C)nc2OCc2ccccc2)cc1F. The highest BCUT2D eigenvalue weighted by Gasteiger charge is 2.48. The lowest BCUT2D eigenvalue weighted by molar-refractivity contribution is -0.146. The summed E-state index contributed by atoms with van der Waals surface area (Å²) in [6, 6.07) is 19.2. The summed E-state index contributed by atoms with van der Waals surface area (Å²) in [7, 11) is 1.43. The minimum Gasteiger partial charge on any atom is -0.472 e. The molecule has 6 heteroatoms. The molecule has 1 aliphatic heterocycles. The second kappa shape index (κ2) is 8.85. The Bertz CT molecular complexity index is 1170. The van der Waals surface area contributed by atoms with Crippen LogP contribution in [0.5, 0.6) is 5.88 Å². The van der Waals surface area contributed by atoms with Crippen molar-refractivity contribution in [2.45, 2.75) is 32.4 Å². The van der Waals surface area contributed by atoms with Crippen molar-refractivity contribution in [3.05, 3.63) is 77.7 Å². The van der Waals surface area contributed by atoms with E-state index in [1.807, 2.05) is 61.5 Å². The number of ether oxygens (including phenoxy) is 2. The Kier molecular flexibility index (Phi) is 5.75. The van der Waals surface area contributed by atoms with Gasteiger partial charge in [0, 0.05) is 23.8 Å². The zero-order valence-corrected chi connectivity index (χ0v) is 18.8. The van der Waals surface area contributed by atoms with Gasteiger partial charge >= 0.3 is 5.97 Å². The van der Waals surface area contributed by atoms with Crippen LogP contribution in [0, 0.1) is 24.6 Å². The van der Waals surface area contributed by atoms with E-state index in [1.165, 1.54) is 7.11 Å². The van der Waals surface area contributed by atoms with Gasteiger partial charge in [-0.3, -0.25) is 4.79 Å². The number of esters is 1. The Balaban J connectivity index is 1.37. The van der Waals surface area contributed by atoms with E-state index < -0.39 is 0 Å². The molecule has 0 spiro atoms. The van der Waals surface area contributed by atoms with E-state index in [9.17, 15) is 4.79 Å². The number of hydrogen-bond acceptors (Lipinski definition) is 5. The van der Waals surface area contributed by atoms with Gasteiger partial charge in [0.05, 0.1) is 18.7 Å². The summed E-state index contributed by atoms with van der Waals surface area (Å²) in [4.78, 5) is 18.6. The predicted octanol–water partition coefficient (Wildman–Crippen LogP) is 5.16. The largest absolute Gasteiger partial charge is 0.472 e. The van der Waals surface area contributed by atoms with Gasteiger partial charge in [0.25, 0.3) is 0 Å². The fourth-order valence-corrected chi connectivity index (χ4v) is 5.18. The van der Waals surface area contributed by atoms with Crippen LogP contribution in [0.1, 0.15) is 24.1 Å². The topological polar surface area (TPSA) is 51.7 Å². The van der Waals surface area contributed by atoms with E-state index in [0.717, 1.165) is 35.2 Å². The molecule has 2 aromatic carbocycles. The van der Waals surface area contributed by atoms with Crippen molar-refractivity contribution in [3.63, 3.8) is 0 Å². The zero-order valence-electron chi connectivity index (χ0n) is 18.8. The molecule has 2 bridgehead atoms. The molecule has 5 rings (SSSR count). The molecule has 2 fully saturated rings. The fourth-order valence-electron chi connectivity index (χ4n) is 5.18. The van der Waals surface area contributed by atoms with E-state index in [4.69, 9.17) is 9.47 Å². The van der Waals surface area contributed by atoms with Crippen molar-refractivity contribution in [1.82, 2.24) is 4.98 Å². The van der Waals surface area contributed by atoms with E-state index in [0.29, 0.717) is 24.7 Å². The number of rotatable bonds is 6. The number of benzene rings is 2. The average Bonchev–Trinajstić information content (AvgIpc) is 3.44. The summed E-state index contributed by atoms with van der Waals surface area (Å²) in [5, 5.41) is 0. The van der Waals surface area contributed by atoms with Crippen molar-refractivity contribution in [3.8, 4) is 17.0 Å². The lowest BCUT2D eigenvalue weighted by Crippen LogP contribution is -2.38. The zero-order chi connectivity index (χ0) is 22.9. The Hall–Kier alpha value is -3.41. The van der Waals surface area contributed by atoms with Gasteiger partial charge in [0.2, 0.25) is 5.88 Å². The molecule has 3 aromatic rings. The third-order valence-corrected chi connectivity index (χ3v) is 6.83. The number of fused-ring (bicyclic) bond motifs is 2. The van der Waals surface area contributed by atoms with Gasteiger partial charge in [-0.25, -0.2) is 9.37 Å². The molecule has 1 saturated carbocycles. The van der Waals surface area contributed by atoms with Gasteiger partial charge in [0.15, 0.2) is 0 Å². The third kappa shape index (κ3) is 4.17. The molecule has 1 aliphatic carbocycles. The van der Waals surface area contributed by atoms with Crippen LogP contribution in [0.15, 0.2) is 60.7 Å². The van der Waals surface area contributed by atoms with Crippen LogP contribution in [0.25, 0.3) is 11.1 Å². The van der Waals surface area contributed by atoms with Crippen molar-refractivity contribution < 1.29 is 18.7 Å². The Labute approximate surface area is 193 Å². The minimum atomic E-state index is -0.274. The molecule has 170 valence electrons. The number of aryl methyl sites for hydroxylation is 1. The molecular formula is C27H27FN2O3. The second-order valence-electron chi connectivity index (χ2n) is 8.91. The highest BCUT2D eigenvalue weighted by Crippen LogP contribution is 2.45. The van der Waals surface area contributed by atoms with Crippen LogP contribution in [0.4, 0.5) is 10.1 Å². The maximum absolute atomic E-state index is 15.3. The quantitative estimate of drug-likeness (QED) is 0.490. The number of carbonyl (C=O) groups excluding carboxylic acids is 1. The first-order chi connectivity index (χ1) is 16.0. The van der Waals surface area contributed by atoms with Gasteiger partial charge in [-0.05, 0) is 61.1 Å². The predicted molar refractivity (Wildman–Crippen MR) is 125 cm³/mol. The number of piperidine rings is 1. The Morgan fingerprint density at radius 1 is 1.12 bits per heavy atom. The first-order valence-electron chi connectivity index (χ1n) is 11.3. The van der Waals surface area contributed by atoms with Gasteiger partial charge in [0.1, 0.15) is 12.4 Å². The van der Waals surface area contributed by atoms with Crippen LogP contribution >= 0.6 is 0 Å². The highest BCUT2D eigenvalue weighted by molar-refractivity contribution is 5.75. The Morgan fingerprint density at radius 2 is 1.94 bits per heavy atom. The molecule has 2 heterocycles. The van der Waals surface area contributed by atoms with Crippen molar-refractivity contribution in [1.29, 1.82) is 0 Å². The van der Waals surface area contributed by atoms with Crippen LogP contribution in [0.3, 0.4) is 0 Å². The number of pyridine rings is 1. The summed E-state index contributed by atoms with van der Waals surface area (Å²) in [5.41, 5.74) is 3.95. The number of hydrogen-bond donors (Lipinski definition) is 0. The number of carbonyl (C=O) groups is 1. The van der Waals surface area contributed by atoms with Crippen LogP contribution < -0.4 is 9.64 Å². The fraction of sp³-hybridized carbons (Fsp3) is 0.333. The molecule has 0 N–H and O–H groups in total. The van der Waals surface area contributed by atoms with Crippen molar-refractivity contribution in [2.75, 3.05) is 18.6 Å². The lowest BCUT2D eigenvalue weighted by Gasteiger charge is -2.32. The molecule has 1 aromatic heterocycles. The molecule has 1 unspecified atom stereocenters. The molecule has 2 aliphatic rings. The number of anilines is 1. The molecule has 33 heavy (non-hydrogen) atoms. The molecular weight excluding hydrogens is 419 g/mol. The van der Waals surface area contributed by atoms with Crippen LogP contribution in [0.2, 0.25) is 0 Å². The standard InChI is InChI=1S/C27H27FN2O3/c1-17-8-10-22(26(29-17)33-16-18-6-4-3-5-7-18)19-9-11-25(24(28)13-19)30-15-20-12-21(30)14-23(20)27(31)32-2/h3-11,13,20-21,23H,12,14-16H2,1-2H3/t20?,21-,23-/m0/s1. The minimum absolute atomic E-state index is 0.0680. The molecule has 0 amide bonds. The summed E-state index contributed by atoms with van der Waals surface area (Å²) in [6.07, 6.45) is 1.62. The summed E-state index contributed by atoms with van der Waals surface area (Å²) >= 11 is 0. The maximum atomic E-state index is 15.3. The average molecular weight is 447 g/mol. The van der Waals surface area contributed by atoms with Crippen LogP contribution in [-0.4, -0.2) is 30.6 Å². The van der Waals surface area contributed by atoms with E-state index >= 15 is 4.39 Å². The number of nitrogens with zero attached hydrogens (tertiary/aromatic N) is 2. The van der Waals surface area contributed by atoms with Crippen molar-refractivity contribution in [2.24, 2.45) is 11.8 Å². The first kappa shape index (κ1) is 21.4. The Morgan fingerprint density at radius 3 is 2.64 bits per heavy atom. The van der Waals surface area contributed by atoms with E-state index in [1.54, 1.807) is 6.07 Å². The summed E-state index contributed by atoms with van der Waals surface area (Å²) in [6.45, 7) is 2.98. The lowest BCUT2D eigenvalue weighted by atomic mass is 9.94. The van der Waals surface area contributed by atoms with Gasteiger partial charge in [-0.2, -0.15) is 0 Å². The van der Waals surface area contributed by atoms with Gasteiger partial charge in [-0.15, -0.1) is 0 Å². The maximum Gasteiger partial charge on any atom is 0.309 e. The monoisotopic (exact) mass is 446 g/mol. The van der Waals surface area contributed by atoms with E-state index in [2.05, 4.69) is 9.88 Å².